The van der Waals surface area contributed by atoms with E-state index in [2.05, 4.69) is 10.6 Å². The third-order valence-corrected chi connectivity index (χ3v) is 4.07. The number of benzene rings is 2. The molecule has 2 atom stereocenters. The van der Waals surface area contributed by atoms with Crippen LogP contribution in [0.3, 0.4) is 0 Å². The van der Waals surface area contributed by atoms with E-state index >= 15 is 0 Å². The molecule has 1 aliphatic carbocycles. The number of carbonyl (C=O) groups is 2. The first-order chi connectivity index (χ1) is 11.7. The molecule has 3 rings (SSSR count). The zero-order valence-corrected chi connectivity index (χ0v) is 13.3. The molecule has 0 saturated carbocycles. The molecule has 2 amide bonds. The lowest BCUT2D eigenvalue weighted by atomic mass is 9.98. The SMILES string of the molecule is O=C(N[C@@H]1C=C[C@H](NC(=O)c2ccccc2)CC1)c1ccccc1. The lowest BCUT2D eigenvalue weighted by molar-refractivity contribution is 0.0922. The van der Waals surface area contributed by atoms with Gasteiger partial charge in [0, 0.05) is 23.2 Å². The minimum atomic E-state index is -0.0722. The summed E-state index contributed by atoms with van der Waals surface area (Å²) < 4.78 is 0. The van der Waals surface area contributed by atoms with Crippen molar-refractivity contribution in [2.24, 2.45) is 0 Å². The molecular weight excluding hydrogens is 300 g/mol. The first kappa shape index (κ1) is 16.0. The van der Waals surface area contributed by atoms with Gasteiger partial charge in [0.2, 0.25) is 0 Å². The summed E-state index contributed by atoms with van der Waals surface area (Å²) in [5, 5.41) is 6.00. The van der Waals surface area contributed by atoms with Crippen LogP contribution in [0, 0.1) is 0 Å². The lowest BCUT2D eigenvalue weighted by Gasteiger charge is -2.24. The summed E-state index contributed by atoms with van der Waals surface area (Å²) in [6.45, 7) is 0. The first-order valence-electron chi connectivity index (χ1n) is 8.12. The van der Waals surface area contributed by atoms with Crippen molar-refractivity contribution in [2.75, 3.05) is 0 Å². The first-order valence-corrected chi connectivity index (χ1v) is 8.12. The van der Waals surface area contributed by atoms with E-state index in [0.717, 1.165) is 12.8 Å². The topological polar surface area (TPSA) is 58.2 Å². The molecule has 0 saturated heterocycles. The van der Waals surface area contributed by atoms with Crippen molar-refractivity contribution < 1.29 is 9.59 Å². The van der Waals surface area contributed by atoms with Crippen molar-refractivity contribution in [3.05, 3.63) is 83.9 Å². The highest BCUT2D eigenvalue weighted by Crippen LogP contribution is 2.13. The van der Waals surface area contributed by atoms with Crippen molar-refractivity contribution in [3.8, 4) is 0 Å². The van der Waals surface area contributed by atoms with Gasteiger partial charge in [0.05, 0.1) is 0 Å². The van der Waals surface area contributed by atoms with E-state index in [4.69, 9.17) is 0 Å². The van der Waals surface area contributed by atoms with Crippen LogP contribution < -0.4 is 10.6 Å². The Balaban J connectivity index is 1.53. The third kappa shape index (κ3) is 4.10. The predicted octanol–water partition coefficient (Wildman–Crippen LogP) is 2.93. The van der Waals surface area contributed by atoms with E-state index < -0.39 is 0 Å². The lowest BCUT2D eigenvalue weighted by Crippen LogP contribution is -2.40. The molecule has 2 N–H and O–H groups in total. The Morgan fingerprint density at radius 2 is 1.04 bits per heavy atom. The Kier molecular flexibility index (Phi) is 5.06. The molecule has 2 aromatic carbocycles. The fourth-order valence-electron chi connectivity index (χ4n) is 2.74. The van der Waals surface area contributed by atoms with Crippen LogP contribution in [0.2, 0.25) is 0 Å². The van der Waals surface area contributed by atoms with E-state index in [9.17, 15) is 9.59 Å². The quantitative estimate of drug-likeness (QED) is 0.851. The molecule has 0 fully saturated rings. The minimum absolute atomic E-state index is 0.00239. The smallest absolute Gasteiger partial charge is 0.251 e. The van der Waals surface area contributed by atoms with Crippen LogP contribution in [0.1, 0.15) is 33.6 Å². The molecule has 0 radical (unpaired) electrons. The van der Waals surface area contributed by atoms with E-state index in [1.807, 2.05) is 48.6 Å². The van der Waals surface area contributed by atoms with Crippen LogP contribution >= 0.6 is 0 Å². The van der Waals surface area contributed by atoms with Gasteiger partial charge in [0.15, 0.2) is 0 Å². The number of hydrogen-bond donors (Lipinski definition) is 2. The van der Waals surface area contributed by atoms with Gasteiger partial charge in [-0.1, -0.05) is 48.6 Å². The maximum absolute atomic E-state index is 12.1. The van der Waals surface area contributed by atoms with Gasteiger partial charge in [-0.25, -0.2) is 0 Å². The second kappa shape index (κ2) is 7.59. The maximum Gasteiger partial charge on any atom is 0.251 e. The molecule has 4 nitrogen and oxygen atoms in total. The summed E-state index contributed by atoms with van der Waals surface area (Å²) in [5.74, 6) is -0.144. The highest BCUT2D eigenvalue weighted by atomic mass is 16.2. The molecule has 0 unspecified atom stereocenters. The van der Waals surface area contributed by atoms with Crippen LogP contribution in [-0.2, 0) is 0 Å². The van der Waals surface area contributed by atoms with E-state index in [-0.39, 0.29) is 23.9 Å². The van der Waals surface area contributed by atoms with Crippen LogP contribution in [0.25, 0.3) is 0 Å². The normalized spacial score (nSPS) is 19.5. The largest absolute Gasteiger partial charge is 0.346 e. The molecule has 0 aliphatic heterocycles. The van der Waals surface area contributed by atoms with Crippen molar-refractivity contribution in [3.63, 3.8) is 0 Å². The molecule has 24 heavy (non-hydrogen) atoms. The Hall–Kier alpha value is -2.88. The summed E-state index contributed by atoms with van der Waals surface area (Å²) in [7, 11) is 0. The molecular formula is C20H20N2O2. The standard InChI is InChI=1S/C20H20N2O2/c23-19(15-7-3-1-4-8-15)21-17-11-13-18(14-12-17)22-20(24)16-9-5-2-6-10-16/h1-11,13,17-18H,12,14H2,(H,21,23)(H,22,24)/t17-,18+. The summed E-state index contributed by atoms with van der Waals surface area (Å²) >= 11 is 0. The number of hydrogen-bond acceptors (Lipinski definition) is 2. The Morgan fingerprint density at radius 3 is 1.38 bits per heavy atom. The van der Waals surface area contributed by atoms with Gasteiger partial charge in [-0.15, -0.1) is 0 Å². The monoisotopic (exact) mass is 320 g/mol. The van der Waals surface area contributed by atoms with Crippen molar-refractivity contribution in [1.29, 1.82) is 0 Å². The molecule has 0 bridgehead atoms. The van der Waals surface area contributed by atoms with Gasteiger partial charge in [-0.2, -0.15) is 0 Å². The van der Waals surface area contributed by atoms with Gasteiger partial charge in [-0.05, 0) is 37.1 Å². The third-order valence-electron chi connectivity index (χ3n) is 4.07. The Morgan fingerprint density at radius 1 is 0.667 bits per heavy atom. The molecule has 0 aromatic heterocycles. The van der Waals surface area contributed by atoms with Crippen LogP contribution in [-0.4, -0.2) is 23.9 Å². The Labute approximate surface area is 141 Å². The van der Waals surface area contributed by atoms with Crippen LogP contribution in [0.5, 0.6) is 0 Å². The molecule has 122 valence electrons. The van der Waals surface area contributed by atoms with Gasteiger partial charge in [0.1, 0.15) is 0 Å². The van der Waals surface area contributed by atoms with Gasteiger partial charge in [0.25, 0.3) is 11.8 Å². The highest BCUT2D eigenvalue weighted by molar-refractivity contribution is 5.95. The Bertz CT molecular complexity index is 662. The van der Waals surface area contributed by atoms with Crippen molar-refractivity contribution >= 4 is 11.8 Å². The second-order valence-electron chi connectivity index (χ2n) is 5.85. The van der Waals surface area contributed by atoms with Crippen LogP contribution in [0.4, 0.5) is 0 Å². The van der Waals surface area contributed by atoms with Gasteiger partial charge < -0.3 is 10.6 Å². The van der Waals surface area contributed by atoms with Crippen molar-refractivity contribution in [1.82, 2.24) is 10.6 Å². The number of rotatable bonds is 4. The van der Waals surface area contributed by atoms with E-state index in [0.29, 0.717) is 11.1 Å². The summed E-state index contributed by atoms with van der Waals surface area (Å²) in [5.41, 5.74) is 1.32. The fraction of sp³-hybridized carbons (Fsp3) is 0.200. The van der Waals surface area contributed by atoms with E-state index in [1.54, 1.807) is 24.3 Å². The number of amides is 2. The minimum Gasteiger partial charge on any atom is -0.346 e. The summed E-state index contributed by atoms with van der Waals surface area (Å²) in [4.78, 5) is 24.3. The zero-order valence-electron chi connectivity index (χ0n) is 13.3. The number of nitrogens with one attached hydrogen (secondary N) is 2. The molecule has 1 aliphatic rings. The summed E-state index contributed by atoms with van der Waals surface area (Å²) in [6.07, 6.45) is 5.52. The van der Waals surface area contributed by atoms with Crippen molar-refractivity contribution in [2.45, 2.75) is 24.9 Å². The maximum atomic E-state index is 12.1. The average molecular weight is 320 g/mol. The van der Waals surface area contributed by atoms with Gasteiger partial charge >= 0.3 is 0 Å². The molecule has 2 aromatic rings. The molecule has 0 spiro atoms. The fourth-order valence-corrected chi connectivity index (χ4v) is 2.74. The summed E-state index contributed by atoms with van der Waals surface area (Å²) in [6, 6.07) is 18.4. The van der Waals surface area contributed by atoms with Gasteiger partial charge in [-0.3, -0.25) is 9.59 Å². The van der Waals surface area contributed by atoms with Crippen LogP contribution in [0.15, 0.2) is 72.8 Å². The zero-order chi connectivity index (χ0) is 16.8. The highest BCUT2D eigenvalue weighted by Gasteiger charge is 2.19. The predicted molar refractivity (Wildman–Crippen MR) is 93.8 cm³/mol. The number of carbonyl (C=O) groups excluding carboxylic acids is 2. The average Bonchev–Trinajstić information content (AvgIpc) is 2.65. The molecule has 4 heteroatoms. The molecule has 0 heterocycles. The second-order valence-corrected chi connectivity index (χ2v) is 5.85. The van der Waals surface area contributed by atoms with E-state index in [1.165, 1.54) is 0 Å².